The van der Waals surface area contributed by atoms with E-state index in [0.29, 0.717) is 6.42 Å². The minimum absolute atomic E-state index is 0.138. The summed E-state index contributed by atoms with van der Waals surface area (Å²) in [6.45, 7) is 3.57. The van der Waals surface area contributed by atoms with Crippen molar-refractivity contribution in [3.8, 4) is 0 Å². The molecule has 0 bridgehead atoms. The highest BCUT2D eigenvalue weighted by Crippen LogP contribution is 2.22. The third kappa shape index (κ3) is 2.16. The van der Waals surface area contributed by atoms with Gasteiger partial charge in [0.2, 0.25) is 11.8 Å². The zero-order valence-electron chi connectivity index (χ0n) is 8.90. The number of aliphatic carboxylic acids is 1. The van der Waals surface area contributed by atoms with Crippen molar-refractivity contribution in [3.05, 3.63) is 0 Å². The van der Waals surface area contributed by atoms with Crippen molar-refractivity contribution in [2.24, 2.45) is 5.92 Å². The van der Waals surface area contributed by atoms with Crippen LogP contribution in [0.5, 0.6) is 0 Å². The quantitative estimate of drug-likeness (QED) is 0.695. The predicted octanol–water partition coefficient (Wildman–Crippen LogP) is 0.635. The number of likely N-dealkylation sites (tertiary alicyclic amines) is 1. The average molecular weight is 213 g/mol. The largest absolute Gasteiger partial charge is 0.480 e. The maximum absolute atomic E-state index is 11.4. The molecule has 0 aliphatic carbocycles. The summed E-state index contributed by atoms with van der Waals surface area (Å²) in [7, 11) is 0. The molecule has 5 heteroatoms. The Hall–Kier alpha value is -1.39. The zero-order valence-corrected chi connectivity index (χ0v) is 8.90. The minimum atomic E-state index is -1.10. The summed E-state index contributed by atoms with van der Waals surface area (Å²) in [5, 5.41) is 9.02. The smallest absolute Gasteiger partial charge is 0.327 e. The summed E-state index contributed by atoms with van der Waals surface area (Å²) >= 11 is 0. The van der Waals surface area contributed by atoms with Crippen LogP contribution in [0.15, 0.2) is 0 Å². The molecule has 1 saturated heterocycles. The van der Waals surface area contributed by atoms with Gasteiger partial charge in [-0.3, -0.25) is 14.5 Å². The molecule has 0 saturated carbocycles. The van der Waals surface area contributed by atoms with Crippen LogP contribution in [0.1, 0.15) is 33.1 Å². The molecule has 0 aromatic rings. The van der Waals surface area contributed by atoms with Crippen LogP contribution in [0.2, 0.25) is 0 Å². The molecule has 0 aromatic carbocycles. The number of rotatable bonds is 4. The lowest BCUT2D eigenvalue weighted by atomic mass is 9.98. The van der Waals surface area contributed by atoms with Crippen molar-refractivity contribution in [2.45, 2.75) is 39.2 Å². The molecule has 1 aliphatic rings. The number of imide groups is 1. The fourth-order valence-corrected chi connectivity index (χ4v) is 1.74. The molecule has 0 radical (unpaired) electrons. The Kier molecular flexibility index (Phi) is 3.44. The molecule has 2 amide bonds. The molecule has 0 aromatic heterocycles. The monoisotopic (exact) mass is 213 g/mol. The minimum Gasteiger partial charge on any atom is -0.480 e. The van der Waals surface area contributed by atoms with Crippen LogP contribution in [0.4, 0.5) is 0 Å². The average Bonchev–Trinajstić information content (AvgIpc) is 2.49. The van der Waals surface area contributed by atoms with Gasteiger partial charge in [0, 0.05) is 12.8 Å². The normalized spacial score (nSPS) is 20.5. The first-order valence-electron chi connectivity index (χ1n) is 5.06. The van der Waals surface area contributed by atoms with Crippen LogP contribution in [0.25, 0.3) is 0 Å². The van der Waals surface area contributed by atoms with Gasteiger partial charge in [0.05, 0.1) is 0 Å². The standard InChI is InChI=1S/C10H15NO4/c1-3-6(2)9(10(14)15)11-7(12)4-5-8(11)13/h6,9H,3-5H2,1-2H3,(H,14,15). The molecule has 1 aliphatic heterocycles. The Labute approximate surface area is 88.1 Å². The SMILES string of the molecule is CCC(C)C(C(=O)O)N1C(=O)CCC1=O. The molecule has 1 N–H and O–H groups in total. The van der Waals surface area contributed by atoms with E-state index in [1.807, 2.05) is 6.92 Å². The number of carboxylic acids is 1. The van der Waals surface area contributed by atoms with Gasteiger partial charge in [-0.2, -0.15) is 0 Å². The predicted molar refractivity (Wildman–Crippen MR) is 52.0 cm³/mol. The molecule has 0 spiro atoms. The van der Waals surface area contributed by atoms with E-state index < -0.39 is 12.0 Å². The second-order valence-corrected chi connectivity index (χ2v) is 3.83. The molecule has 1 fully saturated rings. The van der Waals surface area contributed by atoms with E-state index in [-0.39, 0.29) is 30.6 Å². The van der Waals surface area contributed by atoms with Crippen LogP contribution in [0.3, 0.4) is 0 Å². The van der Waals surface area contributed by atoms with Gasteiger partial charge in [-0.1, -0.05) is 20.3 Å². The molecule has 15 heavy (non-hydrogen) atoms. The van der Waals surface area contributed by atoms with Gasteiger partial charge in [0.15, 0.2) is 0 Å². The molecule has 1 heterocycles. The molecule has 5 nitrogen and oxygen atoms in total. The summed E-state index contributed by atoms with van der Waals surface area (Å²) in [6.07, 6.45) is 0.895. The molecule has 84 valence electrons. The van der Waals surface area contributed by atoms with E-state index in [0.717, 1.165) is 4.90 Å². The number of carbonyl (C=O) groups excluding carboxylic acids is 2. The number of hydrogen-bond donors (Lipinski definition) is 1. The molecule has 2 atom stereocenters. The third-order valence-electron chi connectivity index (χ3n) is 2.80. The van der Waals surface area contributed by atoms with Crippen molar-refractivity contribution in [1.82, 2.24) is 4.90 Å². The first-order chi connectivity index (χ1) is 6.99. The molecular formula is C10H15NO4. The number of carboxylic acid groups (broad SMARTS) is 1. The lowest BCUT2D eigenvalue weighted by molar-refractivity contribution is -0.156. The Morgan fingerprint density at radius 2 is 1.87 bits per heavy atom. The van der Waals surface area contributed by atoms with E-state index in [9.17, 15) is 14.4 Å². The fraction of sp³-hybridized carbons (Fsp3) is 0.700. The second kappa shape index (κ2) is 4.42. The summed E-state index contributed by atoms with van der Waals surface area (Å²) < 4.78 is 0. The van der Waals surface area contributed by atoms with Crippen LogP contribution in [-0.4, -0.2) is 33.8 Å². The molecule has 2 unspecified atom stereocenters. The van der Waals surface area contributed by atoms with Gasteiger partial charge in [-0.15, -0.1) is 0 Å². The zero-order chi connectivity index (χ0) is 11.6. The van der Waals surface area contributed by atoms with E-state index >= 15 is 0 Å². The summed E-state index contributed by atoms with van der Waals surface area (Å²) in [6, 6.07) is -1.00. The van der Waals surface area contributed by atoms with Crippen molar-refractivity contribution in [1.29, 1.82) is 0 Å². The fourth-order valence-electron chi connectivity index (χ4n) is 1.74. The Morgan fingerprint density at radius 1 is 1.40 bits per heavy atom. The number of hydrogen-bond acceptors (Lipinski definition) is 3. The van der Waals surface area contributed by atoms with E-state index in [1.54, 1.807) is 6.92 Å². The van der Waals surface area contributed by atoms with Gasteiger partial charge < -0.3 is 5.11 Å². The maximum atomic E-state index is 11.4. The lowest BCUT2D eigenvalue weighted by Gasteiger charge is -2.26. The van der Waals surface area contributed by atoms with Crippen molar-refractivity contribution < 1.29 is 19.5 Å². The Bertz CT molecular complexity index is 284. The maximum Gasteiger partial charge on any atom is 0.327 e. The van der Waals surface area contributed by atoms with Crippen LogP contribution < -0.4 is 0 Å². The highest BCUT2D eigenvalue weighted by atomic mass is 16.4. The van der Waals surface area contributed by atoms with Gasteiger partial charge in [-0.25, -0.2) is 4.79 Å². The first-order valence-corrected chi connectivity index (χ1v) is 5.06. The van der Waals surface area contributed by atoms with E-state index in [4.69, 9.17) is 5.11 Å². The molecule has 1 rings (SSSR count). The first kappa shape index (κ1) is 11.7. The molecular weight excluding hydrogens is 198 g/mol. The van der Waals surface area contributed by atoms with Crippen LogP contribution in [-0.2, 0) is 14.4 Å². The Balaban J connectivity index is 2.93. The highest BCUT2D eigenvalue weighted by Gasteiger charge is 2.40. The second-order valence-electron chi connectivity index (χ2n) is 3.83. The lowest BCUT2D eigenvalue weighted by Crippen LogP contribution is -2.48. The third-order valence-corrected chi connectivity index (χ3v) is 2.80. The summed E-state index contributed by atoms with van der Waals surface area (Å²) in [5.41, 5.74) is 0. The number of carbonyl (C=O) groups is 3. The van der Waals surface area contributed by atoms with Crippen molar-refractivity contribution >= 4 is 17.8 Å². The van der Waals surface area contributed by atoms with Crippen molar-refractivity contribution in [3.63, 3.8) is 0 Å². The number of nitrogens with zero attached hydrogens (tertiary/aromatic N) is 1. The van der Waals surface area contributed by atoms with Crippen LogP contribution >= 0.6 is 0 Å². The highest BCUT2D eigenvalue weighted by molar-refractivity contribution is 6.04. The summed E-state index contributed by atoms with van der Waals surface area (Å²) in [4.78, 5) is 34.7. The van der Waals surface area contributed by atoms with E-state index in [1.165, 1.54) is 0 Å². The summed E-state index contributed by atoms with van der Waals surface area (Å²) in [5.74, 6) is -2.05. The van der Waals surface area contributed by atoms with Crippen LogP contribution in [0, 0.1) is 5.92 Å². The van der Waals surface area contributed by atoms with Crippen molar-refractivity contribution in [2.75, 3.05) is 0 Å². The van der Waals surface area contributed by atoms with Gasteiger partial charge in [0.1, 0.15) is 6.04 Å². The topological polar surface area (TPSA) is 74.7 Å². The van der Waals surface area contributed by atoms with Gasteiger partial charge in [0.25, 0.3) is 0 Å². The van der Waals surface area contributed by atoms with E-state index in [2.05, 4.69) is 0 Å². The van der Waals surface area contributed by atoms with Gasteiger partial charge in [-0.05, 0) is 5.92 Å². The Morgan fingerprint density at radius 3 is 2.20 bits per heavy atom. The number of amides is 2. The van der Waals surface area contributed by atoms with Gasteiger partial charge >= 0.3 is 5.97 Å².